The highest BCUT2D eigenvalue weighted by atomic mass is 16.2. The minimum atomic E-state index is -0.764. The summed E-state index contributed by atoms with van der Waals surface area (Å²) in [6, 6.07) is 24.2. The Kier molecular flexibility index (Phi) is 7.75. The van der Waals surface area contributed by atoms with Crippen LogP contribution in [0.25, 0.3) is 0 Å². The Morgan fingerprint density at radius 1 is 0.875 bits per heavy atom. The maximum absolute atomic E-state index is 12.6. The lowest BCUT2D eigenvalue weighted by molar-refractivity contribution is -0.136. The molecule has 164 valence electrons. The highest BCUT2D eigenvalue weighted by molar-refractivity contribution is 6.39. The lowest BCUT2D eigenvalue weighted by Crippen LogP contribution is -2.38. The first-order chi connectivity index (χ1) is 15.4. The van der Waals surface area contributed by atoms with Crippen LogP contribution in [0.1, 0.15) is 45.9 Å². The highest BCUT2D eigenvalue weighted by Gasteiger charge is 2.20. The quantitative estimate of drug-likeness (QED) is 0.473. The van der Waals surface area contributed by atoms with Gasteiger partial charge in [0.25, 0.3) is 0 Å². The molecule has 0 heterocycles. The number of primary amides is 1. The topological polar surface area (TPSA) is 101 Å². The molecule has 0 aliphatic carbocycles. The van der Waals surface area contributed by atoms with Crippen LogP contribution in [0.2, 0.25) is 0 Å². The van der Waals surface area contributed by atoms with Crippen LogP contribution in [0.5, 0.6) is 0 Å². The maximum Gasteiger partial charge on any atom is 0.313 e. The lowest BCUT2D eigenvalue weighted by atomic mass is 9.99. The molecule has 0 aliphatic rings. The van der Waals surface area contributed by atoms with E-state index in [9.17, 15) is 14.4 Å². The Morgan fingerprint density at radius 3 is 2.16 bits per heavy atom. The van der Waals surface area contributed by atoms with Gasteiger partial charge < -0.3 is 16.4 Å². The summed E-state index contributed by atoms with van der Waals surface area (Å²) in [5, 5.41) is 5.44. The number of carbonyl (C=O) groups excluding carboxylic acids is 3. The number of aryl methyl sites for hydroxylation is 2. The lowest BCUT2D eigenvalue weighted by Gasteiger charge is -2.19. The predicted molar refractivity (Wildman–Crippen MR) is 125 cm³/mol. The number of nitrogens with two attached hydrogens (primary N) is 1. The highest BCUT2D eigenvalue weighted by Crippen LogP contribution is 2.20. The third kappa shape index (κ3) is 6.28. The molecule has 3 aromatic rings. The Labute approximate surface area is 187 Å². The molecule has 0 fully saturated rings. The molecular weight excluding hydrogens is 402 g/mol. The first-order valence-corrected chi connectivity index (χ1v) is 10.5. The second kappa shape index (κ2) is 10.9. The van der Waals surface area contributed by atoms with E-state index < -0.39 is 17.7 Å². The molecule has 32 heavy (non-hydrogen) atoms. The Hall–Kier alpha value is -3.93. The van der Waals surface area contributed by atoms with E-state index in [4.69, 9.17) is 5.73 Å². The van der Waals surface area contributed by atoms with Crippen LogP contribution in [0.15, 0.2) is 78.9 Å². The average molecular weight is 430 g/mol. The van der Waals surface area contributed by atoms with Gasteiger partial charge in [-0.05, 0) is 61.1 Å². The van der Waals surface area contributed by atoms with E-state index in [-0.39, 0.29) is 6.04 Å². The molecule has 0 spiro atoms. The van der Waals surface area contributed by atoms with Crippen molar-refractivity contribution in [2.75, 3.05) is 5.32 Å². The van der Waals surface area contributed by atoms with Gasteiger partial charge in [-0.2, -0.15) is 0 Å². The van der Waals surface area contributed by atoms with E-state index >= 15 is 0 Å². The van der Waals surface area contributed by atoms with Gasteiger partial charge in [-0.1, -0.05) is 60.7 Å². The molecule has 6 heteroatoms. The number of hydrogen-bond acceptors (Lipinski definition) is 3. The standard InChI is InChI=1S/C26H27N3O3/c1-18-17-21(15-16-22(18)24(27)30)28-25(31)26(32)29-23(20-12-6-3-7-13-20)14-8-11-19-9-4-2-5-10-19/h2-7,9-10,12-13,15-17,23H,8,11,14H2,1H3,(H2,27,30)(H,28,31)(H,29,32)/t23-/m1/s1. The largest absolute Gasteiger partial charge is 0.366 e. The molecule has 3 amide bonds. The van der Waals surface area contributed by atoms with E-state index in [1.807, 2.05) is 48.5 Å². The molecule has 0 unspecified atom stereocenters. The summed E-state index contributed by atoms with van der Waals surface area (Å²) in [6.45, 7) is 1.72. The van der Waals surface area contributed by atoms with Crippen molar-refractivity contribution in [1.29, 1.82) is 0 Å². The smallest absolute Gasteiger partial charge is 0.313 e. The maximum atomic E-state index is 12.6. The van der Waals surface area contributed by atoms with Gasteiger partial charge in [0.05, 0.1) is 6.04 Å². The van der Waals surface area contributed by atoms with Crippen molar-refractivity contribution in [1.82, 2.24) is 5.32 Å². The number of rotatable bonds is 8. The fourth-order valence-electron chi connectivity index (χ4n) is 3.59. The van der Waals surface area contributed by atoms with Crippen molar-refractivity contribution < 1.29 is 14.4 Å². The first-order valence-electron chi connectivity index (χ1n) is 10.5. The predicted octanol–water partition coefficient (Wildman–Crippen LogP) is 3.91. The van der Waals surface area contributed by atoms with Crippen molar-refractivity contribution in [3.05, 3.63) is 101 Å². The van der Waals surface area contributed by atoms with Gasteiger partial charge in [0.2, 0.25) is 5.91 Å². The number of benzene rings is 3. The average Bonchev–Trinajstić information content (AvgIpc) is 2.79. The molecule has 1 atom stereocenters. The molecule has 0 aliphatic heterocycles. The van der Waals surface area contributed by atoms with Crippen LogP contribution < -0.4 is 16.4 Å². The third-order valence-corrected chi connectivity index (χ3v) is 5.26. The Balaban J connectivity index is 1.64. The molecule has 3 rings (SSSR count). The van der Waals surface area contributed by atoms with Crippen molar-refractivity contribution in [2.45, 2.75) is 32.2 Å². The molecule has 0 bridgehead atoms. The van der Waals surface area contributed by atoms with Crippen LogP contribution in [0, 0.1) is 6.92 Å². The number of carbonyl (C=O) groups is 3. The third-order valence-electron chi connectivity index (χ3n) is 5.26. The van der Waals surface area contributed by atoms with Gasteiger partial charge >= 0.3 is 11.8 Å². The fraction of sp³-hybridized carbons (Fsp3) is 0.192. The molecule has 4 N–H and O–H groups in total. The molecular formula is C26H27N3O3. The monoisotopic (exact) mass is 429 g/mol. The minimum Gasteiger partial charge on any atom is -0.366 e. The van der Waals surface area contributed by atoms with Gasteiger partial charge in [-0.15, -0.1) is 0 Å². The number of hydrogen-bond donors (Lipinski definition) is 3. The summed E-state index contributed by atoms with van der Waals surface area (Å²) < 4.78 is 0. The summed E-state index contributed by atoms with van der Waals surface area (Å²) >= 11 is 0. The van der Waals surface area contributed by atoms with Crippen molar-refractivity contribution >= 4 is 23.4 Å². The minimum absolute atomic E-state index is 0.280. The van der Waals surface area contributed by atoms with Crippen LogP contribution in [0.3, 0.4) is 0 Å². The summed E-state index contributed by atoms with van der Waals surface area (Å²) in [7, 11) is 0. The molecule has 0 saturated carbocycles. The number of anilines is 1. The number of nitrogens with one attached hydrogen (secondary N) is 2. The molecule has 0 aromatic heterocycles. The second-order valence-corrected chi connectivity index (χ2v) is 7.66. The van der Waals surface area contributed by atoms with E-state index in [1.54, 1.807) is 19.1 Å². The summed E-state index contributed by atoms with van der Waals surface area (Å²) in [4.78, 5) is 36.5. The fourth-order valence-corrected chi connectivity index (χ4v) is 3.59. The van der Waals surface area contributed by atoms with Gasteiger partial charge in [0.15, 0.2) is 0 Å². The molecule has 0 saturated heterocycles. The molecule has 6 nitrogen and oxygen atoms in total. The van der Waals surface area contributed by atoms with Gasteiger partial charge in [-0.25, -0.2) is 0 Å². The van der Waals surface area contributed by atoms with Crippen LogP contribution in [-0.4, -0.2) is 17.7 Å². The SMILES string of the molecule is Cc1cc(NC(=O)C(=O)N[C@H](CCCc2ccccc2)c2ccccc2)ccc1C(N)=O. The first kappa shape index (κ1) is 22.7. The number of amides is 3. The van der Waals surface area contributed by atoms with Gasteiger partial charge in [0.1, 0.15) is 0 Å². The second-order valence-electron chi connectivity index (χ2n) is 7.66. The summed E-state index contributed by atoms with van der Waals surface area (Å²) in [5.41, 5.74) is 8.91. The van der Waals surface area contributed by atoms with E-state index in [1.165, 1.54) is 11.6 Å². The van der Waals surface area contributed by atoms with Crippen LogP contribution >= 0.6 is 0 Å². The van der Waals surface area contributed by atoms with Gasteiger partial charge in [0, 0.05) is 11.3 Å². The zero-order chi connectivity index (χ0) is 22.9. The summed E-state index contributed by atoms with van der Waals surface area (Å²) in [5.74, 6) is -2.02. The zero-order valence-electron chi connectivity index (χ0n) is 18.0. The van der Waals surface area contributed by atoms with Crippen molar-refractivity contribution in [3.63, 3.8) is 0 Å². The Bertz CT molecular complexity index is 1080. The van der Waals surface area contributed by atoms with Gasteiger partial charge in [-0.3, -0.25) is 14.4 Å². The van der Waals surface area contributed by atoms with Crippen molar-refractivity contribution in [2.24, 2.45) is 5.73 Å². The van der Waals surface area contributed by atoms with Crippen molar-refractivity contribution in [3.8, 4) is 0 Å². The van der Waals surface area contributed by atoms with E-state index in [0.717, 1.165) is 18.4 Å². The van der Waals surface area contributed by atoms with E-state index in [0.29, 0.717) is 23.2 Å². The zero-order valence-corrected chi connectivity index (χ0v) is 18.0. The van der Waals surface area contributed by atoms with E-state index in [2.05, 4.69) is 22.8 Å². The molecule has 0 radical (unpaired) electrons. The van der Waals surface area contributed by atoms with Crippen LogP contribution in [-0.2, 0) is 16.0 Å². The van der Waals surface area contributed by atoms with Crippen LogP contribution in [0.4, 0.5) is 5.69 Å². The normalized spacial score (nSPS) is 11.4. The summed E-state index contributed by atoms with van der Waals surface area (Å²) in [6.07, 6.45) is 2.45. The Morgan fingerprint density at radius 2 is 1.53 bits per heavy atom. The molecule has 3 aromatic carbocycles.